The molecule has 3 fully saturated rings. The van der Waals surface area contributed by atoms with Crippen LogP contribution in [0.15, 0.2) is 127 Å². The average Bonchev–Trinajstić information content (AvgIpc) is 1.67. The van der Waals surface area contributed by atoms with E-state index in [0.29, 0.717) is 64.2 Å². The number of carbonyl (C=O) groups is 7. The Kier molecular flexibility index (Phi) is 38.2. The SMILES string of the molecule is COC(=O)CCCCCCN1C(=O)C(F)(F)C[C@@H]1/C=C/C(=O)[C@@H](C)CCCc1ccccc1.COC(=O)CCCCCCN1C(=O)C(F)(F)C[C@@H]1/C=C/[C@@H](O)[C@@H](C)CCCc1ccccc1.COC(=O)CCCCCCN1C(=O)C(F)(F)C[C@@H]1/C=C/[C@H](O)[C@@H](C)CCCc1ccccc1. The lowest BCUT2D eigenvalue weighted by molar-refractivity contribution is -0.148. The molecule has 21 heteroatoms. The molecule has 3 heterocycles. The van der Waals surface area contributed by atoms with Crippen LogP contribution in [0.1, 0.15) is 192 Å². The van der Waals surface area contributed by atoms with Gasteiger partial charge < -0.3 is 39.1 Å². The lowest BCUT2D eigenvalue weighted by Gasteiger charge is -2.22. The van der Waals surface area contributed by atoms with E-state index in [1.165, 1.54) is 64.9 Å². The maximum atomic E-state index is 14.1. The number of nitrogens with zero attached hydrogens (tertiary/aromatic N) is 3. The Bertz CT molecular complexity index is 2840. The van der Waals surface area contributed by atoms with Gasteiger partial charge in [-0.05, 0) is 131 Å². The summed E-state index contributed by atoms with van der Waals surface area (Å²) in [6.45, 7) is 6.43. The summed E-state index contributed by atoms with van der Waals surface area (Å²) in [5, 5.41) is 21.0. The lowest BCUT2D eigenvalue weighted by Crippen LogP contribution is -2.36. The van der Waals surface area contributed by atoms with Gasteiger partial charge in [0.15, 0.2) is 5.78 Å². The predicted molar refractivity (Wildman–Crippen MR) is 371 cm³/mol. The summed E-state index contributed by atoms with van der Waals surface area (Å²) in [4.78, 5) is 85.9. The molecule has 3 amide bonds. The number of alkyl halides is 6. The number of hydrogen-bond donors (Lipinski definition) is 2. The van der Waals surface area contributed by atoms with Crippen molar-refractivity contribution in [3.8, 4) is 0 Å². The molecule has 6 rings (SSSR count). The van der Waals surface area contributed by atoms with Crippen LogP contribution < -0.4 is 0 Å². The zero-order valence-corrected chi connectivity index (χ0v) is 59.0. The molecule has 0 spiro atoms. The van der Waals surface area contributed by atoms with Gasteiger partial charge >= 0.3 is 35.7 Å². The quantitative estimate of drug-likeness (QED) is 0.0136. The van der Waals surface area contributed by atoms with Crippen molar-refractivity contribution < 1.29 is 84.3 Å². The number of esters is 3. The highest BCUT2D eigenvalue weighted by Gasteiger charge is 2.54. The molecule has 3 aromatic rings. The number of carbonyl (C=O) groups excluding carboxylic acids is 7. The molecule has 99 heavy (non-hydrogen) atoms. The molecule has 3 saturated heterocycles. The highest BCUT2D eigenvalue weighted by Crippen LogP contribution is 2.37. The monoisotopic (exact) mass is 1390 g/mol. The van der Waals surface area contributed by atoms with Crippen LogP contribution >= 0.6 is 0 Å². The largest absolute Gasteiger partial charge is 0.469 e. The van der Waals surface area contributed by atoms with Crippen LogP contribution in [-0.4, -0.2) is 155 Å². The minimum absolute atomic E-state index is 0.00848. The summed E-state index contributed by atoms with van der Waals surface area (Å²) in [5.74, 6) is -14.7. The maximum absolute atomic E-state index is 14.1. The average molecular weight is 1390 g/mol. The zero-order chi connectivity index (χ0) is 72.8. The number of unbranched alkanes of at least 4 members (excludes halogenated alkanes) is 9. The van der Waals surface area contributed by atoms with Gasteiger partial charge in [-0.1, -0.05) is 181 Å². The van der Waals surface area contributed by atoms with Crippen LogP contribution in [0.25, 0.3) is 0 Å². The molecule has 3 aromatic carbocycles. The molecule has 3 aliphatic rings. The lowest BCUT2D eigenvalue weighted by atomic mass is 9.95. The number of benzene rings is 3. The summed E-state index contributed by atoms with van der Waals surface area (Å²) in [7, 11) is 4.03. The van der Waals surface area contributed by atoms with Crippen molar-refractivity contribution in [1.29, 1.82) is 0 Å². The van der Waals surface area contributed by atoms with Gasteiger partial charge in [-0.15, -0.1) is 0 Å². The Hall–Kier alpha value is -7.13. The van der Waals surface area contributed by atoms with Gasteiger partial charge in [-0.3, -0.25) is 33.6 Å². The Morgan fingerprint density at radius 3 is 1.02 bits per heavy atom. The van der Waals surface area contributed by atoms with Gasteiger partial charge in [0.25, 0.3) is 17.7 Å². The Labute approximate surface area is 583 Å². The van der Waals surface area contributed by atoms with E-state index in [9.17, 15) is 70.1 Å². The van der Waals surface area contributed by atoms with Crippen LogP contribution in [0, 0.1) is 17.8 Å². The molecule has 0 radical (unpaired) electrons. The van der Waals surface area contributed by atoms with Crippen LogP contribution in [0.2, 0.25) is 0 Å². The van der Waals surface area contributed by atoms with Crippen LogP contribution in [0.5, 0.6) is 0 Å². The topological polar surface area (TPSA) is 197 Å². The molecule has 0 aliphatic carbocycles. The second kappa shape index (κ2) is 44.9. The highest BCUT2D eigenvalue weighted by molar-refractivity contribution is 5.92. The fourth-order valence-corrected chi connectivity index (χ4v) is 12.3. The van der Waals surface area contributed by atoms with E-state index in [1.54, 1.807) is 24.3 Å². The minimum Gasteiger partial charge on any atom is -0.469 e. The fourth-order valence-electron chi connectivity index (χ4n) is 12.3. The second-order valence-electron chi connectivity index (χ2n) is 26.6. The van der Waals surface area contributed by atoms with Crippen molar-refractivity contribution in [3.05, 3.63) is 144 Å². The number of ketones is 1. The number of hydrogen-bond acceptors (Lipinski definition) is 12. The van der Waals surface area contributed by atoms with Gasteiger partial charge in [0.2, 0.25) is 0 Å². The first kappa shape index (κ1) is 84.3. The third kappa shape index (κ3) is 31.1. The number of aliphatic hydroxyl groups is 2. The van der Waals surface area contributed by atoms with E-state index in [4.69, 9.17) is 0 Å². The highest BCUT2D eigenvalue weighted by atomic mass is 19.3. The number of likely N-dealkylation sites (tertiary alicyclic amines) is 3. The van der Waals surface area contributed by atoms with E-state index in [-0.39, 0.29) is 61.1 Å². The van der Waals surface area contributed by atoms with Crippen molar-refractivity contribution in [3.63, 3.8) is 0 Å². The normalized spacial score (nSPS) is 19.4. The van der Waals surface area contributed by atoms with Crippen molar-refractivity contribution >= 4 is 41.4 Å². The minimum atomic E-state index is -3.40. The first-order chi connectivity index (χ1) is 47.2. The third-order valence-electron chi connectivity index (χ3n) is 18.7. The predicted octanol–water partition coefficient (Wildman–Crippen LogP) is 15.0. The van der Waals surface area contributed by atoms with Crippen molar-refractivity contribution in [2.24, 2.45) is 17.8 Å². The molecule has 0 unspecified atom stereocenters. The van der Waals surface area contributed by atoms with Crippen LogP contribution in [0.3, 0.4) is 0 Å². The van der Waals surface area contributed by atoms with Crippen molar-refractivity contribution in [2.45, 2.75) is 242 Å². The molecule has 2 N–H and O–H groups in total. The van der Waals surface area contributed by atoms with Gasteiger partial charge in [0, 0.05) is 64.1 Å². The molecule has 550 valence electrons. The number of allylic oxidation sites excluding steroid dienone is 1. The Balaban J connectivity index is 0.000000315. The number of methoxy groups -OCH3 is 3. The molecule has 8 atom stereocenters. The fraction of sp³-hybridized carbons (Fsp3) is 0.603. The number of ether oxygens (including phenoxy) is 3. The number of aliphatic hydroxyl groups excluding tert-OH is 2. The summed E-state index contributed by atoms with van der Waals surface area (Å²) in [6.07, 6.45) is 23.0. The number of amides is 3. The standard InChI is InChI=1S/2C26H37F2NO4.C26H35F2NO4/c3*1-20(11-10-14-21-12-6-5-7-13-21)23(30)17-16-22-19-26(27,28)25(32)29(22)18-9-4-3-8-15-24(31)33-2/h2*5-7,12-13,16-17,20,22-23,30H,3-4,8-11,14-15,18-19H2,1-2H3;5-7,12-13,16-17,20,22H,3-4,8-11,14-15,18-19H2,1-2H3/b3*17-16+/t20-,22-,23+;20-,22-,23-;20-,22-/m000/s1. The number of rotatable bonds is 42. The van der Waals surface area contributed by atoms with E-state index in [1.807, 2.05) is 75.4 Å². The molecular weight excluding hydrogens is 1280 g/mol. The van der Waals surface area contributed by atoms with E-state index in [0.717, 1.165) is 89.9 Å². The smallest absolute Gasteiger partial charge is 0.327 e. The van der Waals surface area contributed by atoms with Crippen LogP contribution in [-0.2, 0) is 67.0 Å². The van der Waals surface area contributed by atoms with Gasteiger partial charge in [-0.2, -0.15) is 26.3 Å². The number of halogens is 6. The van der Waals surface area contributed by atoms with Gasteiger partial charge in [0.1, 0.15) is 0 Å². The molecule has 0 bridgehead atoms. The Morgan fingerprint density at radius 2 is 0.717 bits per heavy atom. The van der Waals surface area contributed by atoms with Crippen molar-refractivity contribution in [2.75, 3.05) is 41.0 Å². The summed E-state index contributed by atoms with van der Waals surface area (Å²) in [6, 6.07) is 28.1. The van der Waals surface area contributed by atoms with E-state index >= 15 is 0 Å². The van der Waals surface area contributed by atoms with E-state index in [2.05, 4.69) is 50.6 Å². The summed E-state index contributed by atoms with van der Waals surface area (Å²) in [5.41, 5.74) is 3.73. The van der Waals surface area contributed by atoms with Crippen molar-refractivity contribution in [1.82, 2.24) is 14.7 Å². The molecule has 0 aromatic heterocycles. The Morgan fingerprint density at radius 1 is 0.434 bits per heavy atom. The summed E-state index contributed by atoms with van der Waals surface area (Å²) >= 11 is 0. The second-order valence-corrected chi connectivity index (χ2v) is 26.6. The molecular formula is C78H109F6N3O12. The molecule has 15 nitrogen and oxygen atoms in total. The maximum Gasteiger partial charge on any atom is 0.327 e. The van der Waals surface area contributed by atoms with Gasteiger partial charge in [0.05, 0.1) is 51.7 Å². The van der Waals surface area contributed by atoms with Gasteiger partial charge in [-0.25, -0.2) is 0 Å². The first-order valence-corrected chi connectivity index (χ1v) is 35.6. The summed E-state index contributed by atoms with van der Waals surface area (Å²) < 4.78 is 98.1. The zero-order valence-electron chi connectivity index (χ0n) is 59.0. The van der Waals surface area contributed by atoms with Crippen LogP contribution in [0.4, 0.5) is 26.3 Å². The van der Waals surface area contributed by atoms with E-state index < -0.39 is 85.1 Å². The molecule has 0 saturated carbocycles. The first-order valence-electron chi connectivity index (χ1n) is 35.6. The third-order valence-corrected chi connectivity index (χ3v) is 18.7. The number of aryl methyl sites for hydroxylation is 3. The molecule has 3 aliphatic heterocycles.